The number of nitrogens with zero attached hydrogens (tertiary/aromatic N) is 5. The molecular weight excluding hydrogens is 486 g/mol. The fraction of sp³-hybridized carbons (Fsp3) is 0.440. The molecule has 1 amide bonds. The van der Waals surface area contributed by atoms with Gasteiger partial charge in [-0.2, -0.15) is 5.26 Å². The second kappa shape index (κ2) is 9.59. The molecule has 1 aromatic carbocycles. The van der Waals surface area contributed by atoms with Gasteiger partial charge in [-0.1, -0.05) is 18.2 Å². The summed E-state index contributed by atoms with van der Waals surface area (Å²) in [7, 11) is 0. The van der Waals surface area contributed by atoms with E-state index in [2.05, 4.69) is 6.07 Å². The van der Waals surface area contributed by atoms with E-state index >= 15 is 0 Å². The van der Waals surface area contributed by atoms with Gasteiger partial charge in [0.15, 0.2) is 0 Å². The average molecular weight is 513 g/mol. The van der Waals surface area contributed by atoms with Gasteiger partial charge in [0.2, 0.25) is 5.95 Å². The lowest BCUT2D eigenvalue weighted by Gasteiger charge is -2.33. The highest BCUT2D eigenvalue weighted by atomic mass is 32.1. The number of piperidine rings is 2. The molecule has 2 N–H and O–H groups in total. The maximum Gasteiger partial charge on any atom is 0.273 e. The quantitative estimate of drug-likeness (QED) is 0.575. The molecule has 2 fully saturated rings. The number of benzene rings is 1. The maximum atomic E-state index is 13.9. The van der Waals surface area contributed by atoms with Gasteiger partial charge in [-0.15, -0.1) is 11.3 Å². The molecule has 36 heavy (non-hydrogen) atoms. The number of hydrogen-bond acceptors (Lipinski definition) is 7. The van der Waals surface area contributed by atoms with Crippen LogP contribution in [0.3, 0.4) is 0 Å². The van der Waals surface area contributed by atoms with E-state index in [4.69, 9.17) is 10.7 Å². The van der Waals surface area contributed by atoms with Crippen molar-refractivity contribution in [3.63, 3.8) is 0 Å². The van der Waals surface area contributed by atoms with Crippen molar-refractivity contribution in [2.45, 2.75) is 44.2 Å². The number of likely N-dealkylation sites (tertiary alicyclic amines) is 1. The number of halogens is 2. The van der Waals surface area contributed by atoms with Crippen molar-refractivity contribution < 1.29 is 13.6 Å². The van der Waals surface area contributed by atoms with Crippen LogP contribution in [0.2, 0.25) is 0 Å². The molecule has 2 aromatic heterocycles. The summed E-state index contributed by atoms with van der Waals surface area (Å²) < 4.78 is 29.6. The third kappa shape index (κ3) is 4.70. The number of nitriles is 1. The molecule has 2 aliphatic rings. The van der Waals surface area contributed by atoms with Gasteiger partial charge in [-0.25, -0.2) is 13.8 Å². The van der Waals surface area contributed by atoms with Crippen molar-refractivity contribution in [2.24, 2.45) is 5.73 Å². The second-order valence-electron chi connectivity index (χ2n) is 9.43. The Bertz CT molecular complexity index is 1410. The number of nitrogens with two attached hydrogens (primary N) is 1. The molecule has 0 saturated carbocycles. The molecule has 188 valence electrons. The Hall–Kier alpha value is -3.36. The molecule has 5 rings (SSSR count). The van der Waals surface area contributed by atoms with Gasteiger partial charge in [-0.05, 0) is 37.0 Å². The number of hydrogen-bond donors (Lipinski definition) is 1. The minimum absolute atomic E-state index is 0.0634. The van der Waals surface area contributed by atoms with Crippen molar-refractivity contribution in [3.05, 3.63) is 56.7 Å². The van der Waals surface area contributed by atoms with Crippen LogP contribution in [0.1, 0.15) is 46.5 Å². The van der Waals surface area contributed by atoms with Crippen LogP contribution in [0, 0.1) is 11.3 Å². The number of thiophene rings is 1. The maximum absolute atomic E-state index is 13.9. The van der Waals surface area contributed by atoms with E-state index in [-0.39, 0.29) is 47.1 Å². The Balaban J connectivity index is 1.59. The van der Waals surface area contributed by atoms with E-state index in [0.717, 1.165) is 29.1 Å². The number of rotatable bonds is 4. The van der Waals surface area contributed by atoms with Gasteiger partial charge in [0.05, 0.1) is 35.1 Å². The summed E-state index contributed by atoms with van der Waals surface area (Å²) >= 11 is 0.976. The number of aromatic nitrogens is 2. The summed E-state index contributed by atoms with van der Waals surface area (Å²) in [6, 6.07) is 10.7. The fourth-order valence-electron chi connectivity index (χ4n) is 4.91. The van der Waals surface area contributed by atoms with Crippen molar-refractivity contribution in [3.8, 4) is 6.07 Å². The standard InChI is InChI=1S/C25H26F2N6O2S/c26-25(27)8-4-10-32(15-25)22(34)20-11-19-21(36-20)23(35)33(13-17-6-2-1-5-16(17)12-28)24(30-19)31-9-3-7-18(29)14-31/h1-2,5-6,11,18H,3-4,7-10,13-15,29H2. The number of fused-ring (bicyclic) bond motifs is 1. The number of alkyl halides is 2. The van der Waals surface area contributed by atoms with Gasteiger partial charge in [0.25, 0.3) is 17.4 Å². The van der Waals surface area contributed by atoms with Crippen molar-refractivity contribution in [1.29, 1.82) is 5.26 Å². The minimum Gasteiger partial charge on any atom is -0.341 e. The Morgan fingerprint density at radius 2 is 2.08 bits per heavy atom. The van der Waals surface area contributed by atoms with Gasteiger partial charge in [-0.3, -0.25) is 14.2 Å². The van der Waals surface area contributed by atoms with Crippen LogP contribution >= 0.6 is 11.3 Å². The summed E-state index contributed by atoms with van der Waals surface area (Å²) in [6.07, 6.45) is 1.71. The average Bonchev–Trinajstić information content (AvgIpc) is 3.29. The van der Waals surface area contributed by atoms with Crippen LogP contribution in [0.15, 0.2) is 35.1 Å². The Morgan fingerprint density at radius 1 is 1.28 bits per heavy atom. The van der Waals surface area contributed by atoms with E-state index in [0.29, 0.717) is 35.7 Å². The zero-order chi connectivity index (χ0) is 25.4. The van der Waals surface area contributed by atoms with Crippen LogP contribution < -0.4 is 16.2 Å². The number of carbonyl (C=O) groups is 1. The van der Waals surface area contributed by atoms with Gasteiger partial charge in [0, 0.05) is 32.1 Å². The molecular formula is C25H26F2N6O2S. The van der Waals surface area contributed by atoms with E-state index < -0.39 is 18.4 Å². The predicted octanol–water partition coefficient (Wildman–Crippen LogP) is 3.18. The third-order valence-corrected chi connectivity index (χ3v) is 7.81. The van der Waals surface area contributed by atoms with Crippen LogP contribution in [0.4, 0.5) is 14.7 Å². The largest absolute Gasteiger partial charge is 0.341 e. The van der Waals surface area contributed by atoms with Crippen LogP contribution in [-0.2, 0) is 6.54 Å². The van der Waals surface area contributed by atoms with E-state index in [1.54, 1.807) is 24.3 Å². The molecule has 2 saturated heterocycles. The van der Waals surface area contributed by atoms with Crippen LogP contribution in [0.5, 0.6) is 0 Å². The lowest BCUT2D eigenvalue weighted by atomic mass is 10.1. The SMILES string of the molecule is N#Cc1ccccc1Cn1c(N2CCCC(N)C2)nc2cc(C(=O)N3CCCC(F)(F)C3)sc2c1=O. The second-order valence-corrected chi connectivity index (χ2v) is 10.5. The highest BCUT2D eigenvalue weighted by molar-refractivity contribution is 7.20. The number of carbonyl (C=O) groups excluding carboxylic acids is 1. The zero-order valence-electron chi connectivity index (χ0n) is 19.6. The van der Waals surface area contributed by atoms with E-state index in [1.807, 2.05) is 4.90 Å². The molecule has 1 atom stereocenters. The highest BCUT2D eigenvalue weighted by Gasteiger charge is 2.38. The lowest BCUT2D eigenvalue weighted by molar-refractivity contribution is -0.0559. The topological polar surface area (TPSA) is 108 Å². The Morgan fingerprint density at radius 3 is 2.83 bits per heavy atom. The number of amides is 1. The summed E-state index contributed by atoms with van der Waals surface area (Å²) in [6.45, 7) is 0.953. The predicted molar refractivity (Wildman–Crippen MR) is 134 cm³/mol. The third-order valence-electron chi connectivity index (χ3n) is 6.71. The molecule has 8 nitrogen and oxygen atoms in total. The molecule has 0 radical (unpaired) electrons. The van der Waals surface area contributed by atoms with Crippen molar-refractivity contribution in [1.82, 2.24) is 14.5 Å². The Kier molecular flexibility index (Phi) is 6.49. The summed E-state index contributed by atoms with van der Waals surface area (Å²) in [4.78, 5) is 34.9. The lowest BCUT2D eigenvalue weighted by Crippen LogP contribution is -2.45. The first kappa shape index (κ1) is 24.3. The molecule has 0 aliphatic carbocycles. The molecule has 4 heterocycles. The van der Waals surface area contributed by atoms with Crippen molar-refractivity contribution >= 4 is 33.4 Å². The first-order valence-electron chi connectivity index (χ1n) is 12.0. The van der Waals surface area contributed by atoms with Crippen LogP contribution in [-0.4, -0.2) is 58.5 Å². The molecule has 1 unspecified atom stereocenters. The molecule has 11 heteroatoms. The molecule has 0 bridgehead atoms. The molecule has 2 aliphatic heterocycles. The molecule has 0 spiro atoms. The van der Waals surface area contributed by atoms with E-state index in [9.17, 15) is 23.6 Å². The first-order valence-corrected chi connectivity index (χ1v) is 12.8. The van der Waals surface area contributed by atoms with Crippen molar-refractivity contribution in [2.75, 3.05) is 31.1 Å². The summed E-state index contributed by atoms with van der Waals surface area (Å²) in [5.41, 5.74) is 7.35. The van der Waals surface area contributed by atoms with Gasteiger partial charge < -0.3 is 15.5 Å². The van der Waals surface area contributed by atoms with Gasteiger partial charge >= 0.3 is 0 Å². The van der Waals surface area contributed by atoms with Crippen LogP contribution in [0.25, 0.3) is 10.2 Å². The van der Waals surface area contributed by atoms with Gasteiger partial charge in [0.1, 0.15) is 4.70 Å². The fourth-order valence-corrected chi connectivity index (χ4v) is 5.93. The summed E-state index contributed by atoms with van der Waals surface area (Å²) in [5.74, 6) is -3.00. The number of anilines is 1. The zero-order valence-corrected chi connectivity index (χ0v) is 20.4. The highest BCUT2D eigenvalue weighted by Crippen LogP contribution is 2.31. The van der Waals surface area contributed by atoms with E-state index in [1.165, 1.54) is 10.6 Å². The Labute approximate surface area is 210 Å². The minimum atomic E-state index is -2.91. The molecule has 3 aromatic rings. The first-order chi connectivity index (χ1) is 17.3. The smallest absolute Gasteiger partial charge is 0.273 e. The normalized spacial score (nSPS) is 19.9. The monoisotopic (exact) mass is 512 g/mol. The summed E-state index contributed by atoms with van der Waals surface area (Å²) in [5, 5.41) is 9.54.